The first-order valence-corrected chi connectivity index (χ1v) is 17.6. The van der Waals surface area contributed by atoms with Crippen molar-refractivity contribution < 1.29 is 32.7 Å². The third kappa shape index (κ3) is 6.44. The smallest absolute Gasteiger partial charge is 0.339 e. The van der Waals surface area contributed by atoms with Gasteiger partial charge in [-0.3, -0.25) is 9.59 Å². The predicted molar refractivity (Wildman–Crippen MR) is 170 cm³/mol. The summed E-state index contributed by atoms with van der Waals surface area (Å²) in [4.78, 5) is 39.7. The first kappa shape index (κ1) is 32.6. The molecule has 0 aliphatic carbocycles. The molecule has 0 saturated carbocycles. The van der Waals surface area contributed by atoms with Crippen LogP contribution in [-0.2, 0) is 20.7 Å². The summed E-state index contributed by atoms with van der Waals surface area (Å²) in [5.74, 6) is -1.93. The molecule has 2 amide bonds. The van der Waals surface area contributed by atoms with Crippen LogP contribution in [-0.4, -0.2) is 59.4 Å². The number of nitrogens with two attached hydrogens (primary N) is 1. The largest absolute Gasteiger partial charge is 0.530 e. The Morgan fingerprint density at radius 1 is 1.17 bits per heavy atom. The van der Waals surface area contributed by atoms with Crippen LogP contribution in [0.3, 0.4) is 0 Å². The second-order valence-electron chi connectivity index (χ2n) is 12.6. The number of likely N-dealkylation sites (N-methyl/N-ethyl adjacent to an activating group) is 1. The third-order valence-electron chi connectivity index (χ3n) is 8.45. The van der Waals surface area contributed by atoms with Gasteiger partial charge in [0.15, 0.2) is 6.29 Å². The Labute approximate surface area is 267 Å². The number of carbonyl (C=O) groups is 3. The average molecular weight is 649 g/mol. The monoisotopic (exact) mass is 648 g/mol. The number of primary amides is 1. The van der Waals surface area contributed by atoms with Crippen LogP contribution >= 0.6 is 0 Å². The van der Waals surface area contributed by atoms with E-state index in [1.165, 1.54) is 34.1 Å². The van der Waals surface area contributed by atoms with Crippen LogP contribution in [0, 0.1) is 5.82 Å². The summed E-state index contributed by atoms with van der Waals surface area (Å²) in [5, 5.41) is 8.31. The van der Waals surface area contributed by atoms with Gasteiger partial charge in [0.2, 0.25) is 24.3 Å². The fourth-order valence-corrected chi connectivity index (χ4v) is 5.88. The number of nitrogens with zero attached hydrogens (tertiary/aromatic N) is 5. The van der Waals surface area contributed by atoms with Gasteiger partial charge in [-0.1, -0.05) is 45.0 Å². The summed E-state index contributed by atoms with van der Waals surface area (Å²) in [6.07, 6.45) is 2.22. The van der Waals surface area contributed by atoms with E-state index < -0.39 is 44.5 Å². The molecule has 3 unspecified atom stereocenters. The third-order valence-corrected chi connectivity index (χ3v) is 12.8. The number of anilines is 1. The number of hydrogen-bond acceptors (Lipinski definition) is 8. The highest BCUT2D eigenvalue weighted by atomic mass is 28.4. The molecule has 3 atom stereocenters. The number of hydrogen-bond donors (Lipinski definition) is 1. The molecule has 242 valence electrons. The molecule has 5 rings (SSSR count). The number of rotatable bonds is 9. The van der Waals surface area contributed by atoms with E-state index >= 15 is 4.39 Å². The van der Waals surface area contributed by atoms with Gasteiger partial charge >= 0.3 is 6.03 Å². The number of aromatic nitrogens is 4. The van der Waals surface area contributed by atoms with Gasteiger partial charge < -0.3 is 24.5 Å². The lowest BCUT2D eigenvalue weighted by Gasteiger charge is -2.35. The fraction of sp³-hybridized carbons (Fsp3) is 0.344. The quantitative estimate of drug-likeness (QED) is 0.197. The summed E-state index contributed by atoms with van der Waals surface area (Å²) in [7, 11) is -0.679. The molecule has 0 saturated heterocycles. The molecule has 2 aromatic heterocycles. The van der Waals surface area contributed by atoms with Crippen LogP contribution in [0.15, 0.2) is 67.1 Å². The minimum atomic E-state index is -2.24. The molecule has 46 heavy (non-hydrogen) atoms. The van der Waals surface area contributed by atoms with Gasteiger partial charge in [0.05, 0.1) is 11.9 Å². The number of amides is 2. The number of aldehydes is 1. The van der Waals surface area contributed by atoms with Crippen molar-refractivity contribution in [2.75, 3.05) is 11.9 Å². The number of carbonyl (C=O) groups excluding carboxylic acids is 3. The number of para-hydroxylation sites is 2. The number of fused-ring (bicyclic) bond motifs is 1. The van der Waals surface area contributed by atoms with Crippen LogP contribution < -0.4 is 19.8 Å². The van der Waals surface area contributed by atoms with E-state index in [1.807, 2.05) is 0 Å². The van der Waals surface area contributed by atoms with Crippen LogP contribution in [0.5, 0.6) is 11.6 Å². The lowest BCUT2D eigenvalue weighted by Crippen LogP contribution is -2.44. The lowest BCUT2D eigenvalue weighted by molar-refractivity contribution is -0.169. The first-order chi connectivity index (χ1) is 21.7. The summed E-state index contributed by atoms with van der Waals surface area (Å²) in [5.41, 5.74) is 6.76. The number of halogens is 1. The van der Waals surface area contributed by atoms with Gasteiger partial charge in [-0.15, -0.1) is 5.10 Å². The van der Waals surface area contributed by atoms with E-state index in [1.54, 1.807) is 49.6 Å². The molecule has 1 aliphatic heterocycles. The topological polar surface area (TPSA) is 144 Å². The van der Waals surface area contributed by atoms with Crippen LogP contribution in [0.25, 0.3) is 0 Å². The summed E-state index contributed by atoms with van der Waals surface area (Å²) < 4.78 is 37.0. The Morgan fingerprint density at radius 3 is 2.59 bits per heavy atom. The average Bonchev–Trinajstić information content (AvgIpc) is 3.64. The fourth-order valence-electron chi connectivity index (χ4n) is 4.94. The van der Waals surface area contributed by atoms with Gasteiger partial charge in [0.25, 0.3) is 8.32 Å². The van der Waals surface area contributed by atoms with Gasteiger partial charge in [-0.25, -0.2) is 13.9 Å². The van der Waals surface area contributed by atoms with E-state index in [0.717, 1.165) is 4.68 Å². The van der Waals surface area contributed by atoms with E-state index in [2.05, 4.69) is 44.1 Å². The van der Waals surface area contributed by atoms with Crippen LogP contribution in [0.2, 0.25) is 18.1 Å². The Morgan fingerprint density at radius 2 is 1.91 bits per heavy atom. The predicted octanol–water partition coefficient (Wildman–Crippen LogP) is 5.00. The van der Waals surface area contributed by atoms with E-state index in [0.29, 0.717) is 34.7 Å². The Kier molecular flexibility index (Phi) is 8.86. The highest BCUT2D eigenvalue weighted by molar-refractivity contribution is 6.74. The van der Waals surface area contributed by atoms with Crippen LogP contribution in [0.4, 0.5) is 14.9 Å². The molecular weight excluding hydrogens is 611 g/mol. The summed E-state index contributed by atoms with van der Waals surface area (Å²) in [6, 6.07) is 12.1. The van der Waals surface area contributed by atoms with Gasteiger partial charge in [-0.2, -0.15) is 9.78 Å². The summed E-state index contributed by atoms with van der Waals surface area (Å²) in [6.45, 7) is 10.5. The molecule has 4 aromatic rings. The van der Waals surface area contributed by atoms with Gasteiger partial charge in [0.1, 0.15) is 17.5 Å². The maximum Gasteiger partial charge on any atom is 0.339 e. The molecule has 12 nitrogen and oxygen atoms in total. The molecular formula is C32H37FN6O6Si. The normalized spacial score (nSPS) is 17.5. The maximum atomic E-state index is 15.9. The number of ether oxygens (including phenoxy) is 2. The van der Waals surface area contributed by atoms with E-state index in [9.17, 15) is 14.4 Å². The minimum Gasteiger partial charge on any atom is -0.530 e. The molecule has 0 bridgehead atoms. The van der Waals surface area contributed by atoms with Crippen LogP contribution in [0.1, 0.15) is 49.6 Å². The molecule has 2 N–H and O–H groups in total. The van der Waals surface area contributed by atoms with Crippen molar-refractivity contribution in [2.45, 2.75) is 63.8 Å². The second kappa shape index (κ2) is 12.5. The molecule has 1 aliphatic rings. The van der Waals surface area contributed by atoms with Gasteiger partial charge in [0, 0.05) is 37.5 Å². The lowest BCUT2D eigenvalue weighted by atomic mass is 9.89. The molecule has 3 heterocycles. The Bertz CT molecular complexity index is 1770. The van der Waals surface area contributed by atoms with Gasteiger partial charge in [-0.05, 0) is 47.5 Å². The highest BCUT2D eigenvalue weighted by Gasteiger charge is 2.43. The van der Waals surface area contributed by atoms with E-state index in [4.69, 9.17) is 19.6 Å². The van der Waals surface area contributed by atoms with Crippen molar-refractivity contribution in [2.24, 2.45) is 5.73 Å². The number of benzene rings is 2. The van der Waals surface area contributed by atoms with Crippen molar-refractivity contribution in [3.8, 4) is 11.6 Å². The summed E-state index contributed by atoms with van der Waals surface area (Å²) >= 11 is 0. The highest BCUT2D eigenvalue weighted by Crippen LogP contribution is 2.41. The standard InChI is InChI=1S/C32H37FN6O6Si/c1-32(2,3)46(5,6)45-25-14-15-38(36-25)26(19-40)44-30-28(29(41)37(4)23-12-7-8-13-24(23)43-30)27-21(10-9-11-22(27)33)16-20-17-35-39(18-20)31(34)42/h7-15,17-19,26,28,30H,16H2,1-6H3,(H2,34,42). The van der Waals surface area contributed by atoms with E-state index in [-0.39, 0.29) is 17.0 Å². The molecule has 0 fully saturated rings. The Balaban J connectivity index is 1.55. The first-order valence-electron chi connectivity index (χ1n) is 14.7. The molecule has 0 spiro atoms. The van der Waals surface area contributed by atoms with Crippen molar-refractivity contribution >= 4 is 32.2 Å². The molecule has 2 aromatic carbocycles. The maximum absolute atomic E-state index is 15.9. The van der Waals surface area contributed by atoms with Crippen molar-refractivity contribution in [3.63, 3.8) is 0 Å². The SMILES string of the molecule is CN1C(=O)C(c2c(F)cccc2Cc2cnn(C(N)=O)c2)C(OC(C=O)n2ccc(O[Si](C)(C)C(C)(C)C)n2)Oc2ccccc21. The zero-order chi connectivity index (χ0) is 33.4. The van der Waals surface area contributed by atoms with Crippen molar-refractivity contribution in [3.05, 3.63) is 89.6 Å². The zero-order valence-corrected chi connectivity index (χ0v) is 27.5. The Hall–Kier alpha value is -4.82. The van der Waals surface area contributed by atoms with Crippen molar-refractivity contribution in [1.29, 1.82) is 0 Å². The minimum absolute atomic E-state index is 0.0102. The molecule has 0 radical (unpaired) electrons. The van der Waals surface area contributed by atoms with Crippen molar-refractivity contribution in [1.82, 2.24) is 19.6 Å². The zero-order valence-electron chi connectivity index (χ0n) is 26.5. The molecule has 14 heteroatoms. The second-order valence-corrected chi connectivity index (χ2v) is 17.3.